The molecule has 0 aliphatic rings. The van der Waals surface area contributed by atoms with Crippen LogP contribution in [0, 0.1) is 13.8 Å². The number of carbonyl (C=O) groups is 1. The second-order valence-electron chi connectivity index (χ2n) is 7.28. The Hall–Kier alpha value is -2.29. The highest BCUT2D eigenvalue weighted by molar-refractivity contribution is 5.81. The molecule has 0 radical (unpaired) electrons. The molecular formula is C23H31NO2. The summed E-state index contributed by atoms with van der Waals surface area (Å²) >= 11 is 0. The van der Waals surface area contributed by atoms with Gasteiger partial charge in [-0.25, -0.2) is 0 Å². The number of carbonyl (C=O) groups excluding carboxylic acids is 1. The predicted molar refractivity (Wildman–Crippen MR) is 108 cm³/mol. The third-order valence-corrected chi connectivity index (χ3v) is 4.74. The molecule has 3 nitrogen and oxygen atoms in total. The highest BCUT2D eigenvalue weighted by atomic mass is 16.5. The first-order chi connectivity index (χ1) is 12.3. The van der Waals surface area contributed by atoms with Gasteiger partial charge in [-0.3, -0.25) is 4.79 Å². The first-order valence-electron chi connectivity index (χ1n) is 9.46. The van der Waals surface area contributed by atoms with Crippen LogP contribution < -0.4 is 10.1 Å². The minimum absolute atomic E-state index is 0.00510. The third kappa shape index (κ3) is 4.87. The number of para-hydroxylation sites is 1. The molecule has 0 heterocycles. The molecule has 3 heteroatoms. The van der Waals surface area contributed by atoms with Crippen LogP contribution >= 0.6 is 0 Å². The zero-order valence-corrected chi connectivity index (χ0v) is 16.8. The Balaban J connectivity index is 2.10. The number of hydrogen-bond acceptors (Lipinski definition) is 2. The maximum absolute atomic E-state index is 12.7. The Kier molecular flexibility index (Phi) is 6.84. The number of hydrogen-bond donors (Lipinski definition) is 1. The molecule has 2 aromatic carbocycles. The van der Waals surface area contributed by atoms with E-state index in [1.165, 1.54) is 16.7 Å². The molecule has 2 rings (SSSR count). The van der Waals surface area contributed by atoms with Gasteiger partial charge in [0.25, 0.3) is 5.91 Å². The van der Waals surface area contributed by atoms with Crippen molar-refractivity contribution in [2.45, 2.75) is 66.0 Å². The molecule has 0 saturated carbocycles. The fourth-order valence-electron chi connectivity index (χ4n) is 3.21. The summed E-state index contributed by atoms with van der Waals surface area (Å²) < 4.78 is 5.99. The molecule has 2 atom stereocenters. The van der Waals surface area contributed by atoms with E-state index in [4.69, 9.17) is 4.74 Å². The van der Waals surface area contributed by atoms with Crippen molar-refractivity contribution < 1.29 is 9.53 Å². The van der Waals surface area contributed by atoms with Gasteiger partial charge in [0.05, 0.1) is 6.04 Å². The minimum Gasteiger partial charge on any atom is -0.481 e. The SMILES string of the molecule is CC[C@H](NC(=O)[C@@H](C)Oc1ccccc1C(C)C)c1ccc(C)cc1C. The lowest BCUT2D eigenvalue weighted by atomic mass is 9.97. The van der Waals surface area contributed by atoms with Gasteiger partial charge in [0.2, 0.25) is 0 Å². The Morgan fingerprint density at radius 2 is 1.73 bits per heavy atom. The van der Waals surface area contributed by atoms with E-state index in [-0.39, 0.29) is 11.9 Å². The lowest BCUT2D eigenvalue weighted by molar-refractivity contribution is -0.128. The zero-order valence-electron chi connectivity index (χ0n) is 16.8. The Bertz CT molecular complexity index is 752. The second kappa shape index (κ2) is 8.88. The summed E-state index contributed by atoms with van der Waals surface area (Å²) in [5.74, 6) is 1.04. The fourth-order valence-corrected chi connectivity index (χ4v) is 3.21. The second-order valence-corrected chi connectivity index (χ2v) is 7.28. The van der Waals surface area contributed by atoms with Gasteiger partial charge in [-0.15, -0.1) is 0 Å². The van der Waals surface area contributed by atoms with Gasteiger partial charge >= 0.3 is 0 Å². The van der Waals surface area contributed by atoms with Gasteiger partial charge in [0.15, 0.2) is 6.10 Å². The monoisotopic (exact) mass is 353 g/mol. The van der Waals surface area contributed by atoms with E-state index >= 15 is 0 Å². The molecule has 1 amide bonds. The van der Waals surface area contributed by atoms with Crippen molar-refractivity contribution in [3.05, 3.63) is 64.7 Å². The molecule has 26 heavy (non-hydrogen) atoms. The average molecular weight is 354 g/mol. The molecule has 0 aliphatic heterocycles. The molecule has 0 aliphatic carbocycles. The summed E-state index contributed by atoms with van der Waals surface area (Å²) in [6.45, 7) is 12.3. The molecule has 0 fully saturated rings. The smallest absolute Gasteiger partial charge is 0.261 e. The maximum atomic E-state index is 12.7. The van der Waals surface area contributed by atoms with Crippen molar-refractivity contribution in [2.75, 3.05) is 0 Å². The van der Waals surface area contributed by atoms with E-state index < -0.39 is 6.10 Å². The van der Waals surface area contributed by atoms with E-state index in [2.05, 4.69) is 64.2 Å². The quantitative estimate of drug-likeness (QED) is 0.717. The summed E-state index contributed by atoms with van der Waals surface area (Å²) in [5, 5.41) is 3.15. The summed E-state index contributed by atoms with van der Waals surface area (Å²) in [6.07, 6.45) is 0.292. The lowest BCUT2D eigenvalue weighted by Gasteiger charge is -2.23. The fraction of sp³-hybridized carbons (Fsp3) is 0.435. The van der Waals surface area contributed by atoms with Crippen molar-refractivity contribution in [3.63, 3.8) is 0 Å². The molecule has 140 valence electrons. The van der Waals surface area contributed by atoms with Crippen molar-refractivity contribution in [1.82, 2.24) is 5.32 Å². The van der Waals surface area contributed by atoms with Crippen LogP contribution in [0.3, 0.4) is 0 Å². The van der Waals surface area contributed by atoms with Crippen molar-refractivity contribution in [1.29, 1.82) is 0 Å². The van der Waals surface area contributed by atoms with Crippen LogP contribution in [0.5, 0.6) is 5.75 Å². The molecule has 0 saturated heterocycles. The summed E-state index contributed by atoms with van der Waals surface area (Å²) in [4.78, 5) is 12.7. The van der Waals surface area contributed by atoms with E-state index in [0.29, 0.717) is 5.92 Å². The molecule has 0 aromatic heterocycles. The molecule has 2 aromatic rings. The Morgan fingerprint density at radius 3 is 2.35 bits per heavy atom. The van der Waals surface area contributed by atoms with Crippen molar-refractivity contribution in [3.8, 4) is 5.75 Å². The normalized spacial score (nSPS) is 13.3. The standard InChI is InChI=1S/C23H31NO2/c1-7-21(20-13-12-16(4)14-17(20)5)24-23(25)18(6)26-22-11-9-8-10-19(22)15(2)3/h8-15,18,21H,7H2,1-6H3,(H,24,25)/t18-,21+/m1/s1. The Labute approximate surface area is 157 Å². The van der Waals surface area contributed by atoms with Crippen LogP contribution in [0.2, 0.25) is 0 Å². The summed E-state index contributed by atoms with van der Waals surface area (Å²) in [5.41, 5.74) is 4.72. The lowest BCUT2D eigenvalue weighted by Crippen LogP contribution is -2.38. The van der Waals surface area contributed by atoms with Gasteiger partial charge in [0.1, 0.15) is 5.75 Å². The van der Waals surface area contributed by atoms with Crippen LogP contribution in [0.25, 0.3) is 0 Å². The van der Waals surface area contributed by atoms with E-state index in [0.717, 1.165) is 17.7 Å². The number of nitrogens with one attached hydrogen (secondary N) is 1. The molecule has 1 N–H and O–H groups in total. The van der Waals surface area contributed by atoms with Crippen molar-refractivity contribution in [2.24, 2.45) is 0 Å². The number of benzene rings is 2. The van der Waals surface area contributed by atoms with Crippen LogP contribution in [-0.2, 0) is 4.79 Å². The van der Waals surface area contributed by atoms with Gasteiger partial charge < -0.3 is 10.1 Å². The largest absolute Gasteiger partial charge is 0.481 e. The number of ether oxygens (including phenoxy) is 1. The molecular weight excluding hydrogens is 322 g/mol. The first-order valence-corrected chi connectivity index (χ1v) is 9.46. The molecule has 0 unspecified atom stereocenters. The van der Waals surface area contributed by atoms with Crippen LogP contribution in [-0.4, -0.2) is 12.0 Å². The van der Waals surface area contributed by atoms with E-state index in [9.17, 15) is 4.79 Å². The van der Waals surface area contributed by atoms with Crippen LogP contribution in [0.4, 0.5) is 0 Å². The predicted octanol–water partition coefficient (Wildman–Crippen LogP) is 5.46. The average Bonchev–Trinajstić information content (AvgIpc) is 2.60. The van der Waals surface area contributed by atoms with E-state index in [1.54, 1.807) is 6.92 Å². The minimum atomic E-state index is -0.547. The van der Waals surface area contributed by atoms with Gasteiger partial charge in [-0.1, -0.05) is 62.7 Å². The number of rotatable bonds is 7. The topological polar surface area (TPSA) is 38.3 Å². The van der Waals surface area contributed by atoms with Gasteiger partial charge in [0, 0.05) is 0 Å². The molecule has 0 bridgehead atoms. The van der Waals surface area contributed by atoms with Crippen LogP contribution in [0.15, 0.2) is 42.5 Å². The van der Waals surface area contributed by atoms with Crippen molar-refractivity contribution >= 4 is 5.91 Å². The van der Waals surface area contributed by atoms with Gasteiger partial charge in [-0.05, 0) is 55.9 Å². The van der Waals surface area contributed by atoms with Gasteiger partial charge in [-0.2, -0.15) is 0 Å². The number of amides is 1. The Morgan fingerprint density at radius 1 is 1.04 bits per heavy atom. The summed E-state index contributed by atoms with van der Waals surface area (Å²) in [7, 11) is 0. The van der Waals surface area contributed by atoms with E-state index in [1.807, 2.05) is 18.2 Å². The highest BCUT2D eigenvalue weighted by Crippen LogP contribution is 2.27. The molecule has 0 spiro atoms. The maximum Gasteiger partial charge on any atom is 0.261 e. The first kappa shape index (κ1) is 20.0. The number of aryl methyl sites for hydroxylation is 2. The summed E-state index contributed by atoms with van der Waals surface area (Å²) in [6, 6.07) is 14.3. The zero-order chi connectivity index (χ0) is 19.3. The van der Waals surface area contributed by atoms with Crippen LogP contribution in [0.1, 0.15) is 68.3 Å². The third-order valence-electron chi connectivity index (χ3n) is 4.74. The highest BCUT2D eigenvalue weighted by Gasteiger charge is 2.21.